The quantitative estimate of drug-likeness (QED) is 0.452. The van der Waals surface area contributed by atoms with Gasteiger partial charge in [-0.3, -0.25) is 4.79 Å². The summed E-state index contributed by atoms with van der Waals surface area (Å²) in [5.41, 5.74) is 0. The Labute approximate surface area is 80.4 Å². The van der Waals surface area contributed by atoms with Gasteiger partial charge in [-0.15, -0.1) is 0 Å². The molecule has 1 aliphatic heterocycles. The van der Waals surface area contributed by atoms with Crippen molar-refractivity contribution in [3.63, 3.8) is 0 Å². The van der Waals surface area contributed by atoms with Gasteiger partial charge in [0.05, 0.1) is 27.7 Å². The summed E-state index contributed by atoms with van der Waals surface area (Å²) >= 11 is 0. The first-order chi connectivity index (χ1) is 4.95. The van der Waals surface area contributed by atoms with Crippen LogP contribution in [0.15, 0.2) is 12.3 Å². The molecule has 1 N–H and O–H groups in total. The van der Waals surface area contributed by atoms with E-state index in [2.05, 4.69) is 33.4 Å². The minimum atomic E-state index is 0. The van der Waals surface area contributed by atoms with Crippen LogP contribution in [0, 0.1) is 0 Å². The summed E-state index contributed by atoms with van der Waals surface area (Å²) in [5, 5.41) is 2.39. The minimum absolute atomic E-state index is 0. The lowest BCUT2D eigenvalue weighted by Gasteiger charge is -2.20. The molecule has 0 aromatic rings. The van der Waals surface area contributed by atoms with E-state index < -0.39 is 0 Å². The maximum absolute atomic E-state index is 9.70. The highest BCUT2D eigenvalue weighted by Crippen LogP contribution is 1.83. The zero-order chi connectivity index (χ0) is 8.91. The summed E-state index contributed by atoms with van der Waals surface area (Å²) in [7, 11) is 6.54. The normalized spacial score (nSPS) is 13.2. The summed E-state index contributed by atoms with van der Waals surface area (Å²) in [6.07, 6.45) is 3.07. The fourth-order valence-corrected chi connectivity index (χ4v) is 0.151. The molecule has 0 bridgehead atoms. The van der Waals surface area contributed by atoms with Crippen LogP contribution in [0.4, 0.5) is 0 Å². The topological polar surface area (TPSA) is 29.1 Å². The van der Waals surface area contributed by atoms with Crippen LogP contribution in [-0.4, -0.2) is 38.1 Å². The second-order valence-electron chi connectivity index (χ2n) is 3.45. The molecule has 1 aliphatic rings. The van der Waals surface area contributed by atoms with Crippen LogP contribution in [0.5, 0.6) is 0 Å². The number of nitrogens with one attached hydrogen (secondary N) is 1. The van der Waals surface area contributed by atoms with Crippen LogP contribution < -0.4 is 17.7 Å². The molecule has 0 saturated heterocycles. The second-order valence-corrected chi connectivity index (χ2v) is 3.45. The number of halogens is 1. The number of quaternary nitrogens is 1. The van der Waals surface area contributed by atoms with Gasteiger partial charge in [0.25, 0.3) is 0 Å². The molecule has 1 amide bonds. The average Bonchev–Trinajstić information content (AvgIpc) is 1.84. The highest BCUT2D eigenvalue weighted by atomic mass is 35.5. The number of rotatable bonds is 1. The van der Waals surface area contributed by atoms with Crippen molar-refractivity contribution in [2.24, 2.45) is 0 Å². The van der Waals surface area contributed by atoms with Gasteiger partial charge >= 0.3 is 0 Å². The van der Waals surface area contributed by atoms with Crippen molar-refractivity contribution in [1.29, 1.82) is 0 Å². The van der Waals surface area contributed by atoms with Gasteiger partial charge in [-0.1, -0.05) is 0 Å². The number of carbonyl (C=O) groups excluding carboxylic acids is 1. The Morgan fingerprint density at radius 1 is 1.42 bits per heavy atom. The van der Waals surface area contributed by atoms with E-state index in [1.54, 1.807) is 6.20 Å². The standard InChI is InChI=1S/C5H14N.C3H3NO.ClH/c1-5-6(2,3)4;5-3-1-2-4-3;/h5H2,1-4H3;1-2H,(H,4,5);1H/q+1;;/p-1. The third kappa shape index (κ3) is 9.46. The van der Waals surface area contributed by atoms with E-state index in [4.69, 9.17) is 0 Å². The SMILES string of the molecule is CC[N+](C)(C)C.O=C1C=CN1.[Cl-]. The van der Waals surface area contributed by atoms with Gasteiger partial charge in [0, 0.05) is 12.3 Å². The molecule has 0 aromatic heterocycles. The van der Waals surface area contributed by atoms with Crippen molar-refractivity contribution in [3.8, 4) is 0 Å². The maximum Gasteiger partial charge on any atom is 0.249 e. The zero-order valence-electron chi connectivity index (χ0n) is 8.10. The van der Waals surface area contributed by atoms with Gasteiger partial charge in [-0.25, -0.2) is 0 Å². The fourth-order valence-electron chi connectivity index (χ4n) is 0.151. The molecule has 12 heavy (non-hydrogen) atoms. The van der Waals surface area contributed by atoms with Crippen molar-refractivity contribution >= 4 is 5.91 Å². The lowest BCUT2D eigenvalue weighted by Crippen LogP contribution is -3.00. The molecule has 0 aliphatic carbocycles. The lowest BCUT2D eigenvalue weighted by molar-refractivity contribution is -0.868. The van der Waals surface area contributed by atoms with Gasteiger partial charge in [0.2, 0.25) is 5.91 Å². The maximum atomic E-state index is 9.70. The van der Waals surface area contributed by atoms with E-state index in [-0.39, 0.29) is 18.3 Å². The highest BCUT2D eigenvalue weighted by molar-refractivity contribution is 5.93. The molecule has 0 radical (unpaired) electrons. The number of hydrogen-bond acceptors (Lipinski definition) is 1. The fraction of sp³-hybridized carbons (Fsp3) is 0.625. The molecule has 72 valence electrons. The third-order valence-corrected chi connectivity index (χ3v) is 1.41. The Bertz CT molecular complexity index is 161. The van der Waals surface area contributed by atoms with Crippen molar-refractivity contribution in [3.05, 3.63) is 12.3 Å². The Kier molecular flexibility index (Phi) is 7.04. The van der Waals surface area contributed by atoms with Crippen molar-refractivity contribution in [2.45, 2.75) is 6.92 Å². The number of hydrogen-bond donors (Lipinski definition) is 1. The van der Waals surface area contributed by atoms with Gasteiger partial charge in [0.1, 0.15) is 0 Å². The monoisotopic (exact) mass is 192 g/mol. The molecule has 4 heteroatoms. The first kappa shape index (κ1) is 14.0. The van der Waals surface area contributed by atoms with Crippen molar-refractivity contribution in [1.82, 2.24) is 5.32 Å². The molecule has 0 atom stereocenters. The highest BCUT2D eigenvalue weighted by Gasteiger charge is 1.97. The number of amides is 1. The summed E-state index contributed by atoms with van der Waals surface area (Å²) in [6.45, 7) is 3.39. The second kappa shape index (κ2) is 6.03. The molecule has 1 rings (SSSR count). The molecule has 0 saturated carbocycles. The van der Waals surface area contributed by atoms with Crippen LogP contribution in [0.1, 0.15) is 6.92 Å². The van der Waals surface area contributed by atoms with E-state index in [0.29, 0.717) is 0 Å². The van der Waals surface area contributed by atoms with E-state index >= 15 is 0 Å². The minimum Gasteiger partial charge on any atom is -1.00 e. The Balaban J connectivity index is 0. The molecular formula is C8H17ClN2O. The summed E-state index contributed by atoms with van der Waals surface area (Å²) in [4.78, 5) is 9.70. The van der Waals surface area contributed by atoms with Gasteiger partial charge in [-0.2, -0.15) is 0 Å². The van der Waals surface area contributed by atoms with Crippen LogP contribution >= 0.6 is 0 Å². The summed E-state index contributed by atoms with van der Waals surface area (Å²) in [6, 6.07) is 0. The predicted molar refractivity (Wildman–Crippen MR) is 45.9 cm³/mol. The summed E-state index contributed by atoms with van der Waals surface area (Å²) in [5.74, 6) is 0.00463. The smallest absolute Gasteiger partial charge is 0.249 e. The number of nitrogens with zero attached hydrogens (tertiary/aromatic N) is 1. The molecule has 0 aromatic carbocycles. The molecule has 0 fully saturated rings. The van der Waals surface area contributed by atoms with E-state index in [1.807, 2.05) is 0 Å². The zero-order valence-corrected chi connectivity index (χ0v) is 8.85. The van der Waals surface area contributed by atoms with Crippen molar-refractivity contribution < 1.29 is 21.7 Å². The van der Waals surface area contributed by atoms with Gasteiger partial charge < -0.3 is 22.2 Å². The van der Waals surface area contributed by atoms with Gasteiger partial charge in [-0.05, 0) is 6.92 Å². The van der Waals surface area contributed by atoms with Crippen molar-refractivity contribution in [2.75, 3.05) is 27.7 Å². The first-order valence-electron chi connectivity index (χ1n) is 3.73. The first-order valence-corrected chi connectivity index (χ1v) is 3.73. The number of carbonyl (C=O) groups is 1. The van der Waals surface area contributed by atoms with E-state index in [9.17, 15) is 4.79 Å². The van der Waals surface area contributed by atoms with Crippen LogP contribution in [0.25, 0.3) is 0 Å². The third-order valence-electron chi connectivity index (χ3n) is 1.41. The molecule has 1 heterocycles. The van der Waals surface area contributed by atoms with Crippen LogP contribution in [0.2, 0.25) is 0 Å². The predicted octanol–water partition coefficient (Wildman–Crippen LogP) is -2.65. The van der Waals surface area contributed by atoms with E-state index in [1.165, 1.54) is 12.6 Å². The van der Waals surface area contributed by atoms with Crippen LogP contribution in [0.3, 0.4) is 0 Å². The largest absolute Gasteiger partial charge is 1.00 e. The average molecular weight is 193 g/mol. The molecule has 0 spiro atoms. The van der Waals surface area contributed by atoms with E-state index in [0.717, 1.165) is 4.48 Å². The van der Waals surface area contributed by atoms with Crippen LogP contribution in [-0.2, 0) is 4.79 Å². The Hall–Kier alpha value is -0.540. The molecule has 3 nitrogen and oxygen atoms in total. The van der Waals surface area contributed by atoms with Gasteiger partial charge in [0.15, 0.2) is 0 Å². The Morgan fingerprint density at radius 3 is 1.67 bits per heavy atom. The summed E-state index contributed by atoms with van der Waals surface area (Å²) < 4.78 is 1.07. The molecular weight excluding hydrogens is 176 g/mol. The molecule has 0 unspecified atom stereocenters. The Morgan fingerprint density at radius 2 is 1.67 bits per heavy atom. The lowest BCUT2D eigenvalue weighted by atomic mass is 10.4.